The summed E-state index contributed by atoms with van der Waals surface area (Å²) in [5.41, 5.74) is 7.05. The van der Waals surface area contributed by atoms with Crippen molar-refractivity contribution in [1.82, 2.24) is 5.32 Å². The van der Waals surface area contributed by atoms with E-state index in [1.165, 1.54) is 32.1 Å². The molecular weight excluding hydrogens is 264 g/mol. The van der Waals surface area contributed by atoms with Crippen LogP contribution in [0.4, 0.5) is 5.69 Å². The summed E-state index contributed by atoms with van der Waals surface area (Å²) in [5, 5.41) is 2.77. The first-order valence-corrected chi connectivity index (χ1v) is 7.99. The van der Waals surface area contributed by atoms with Gasteiger partial charge in [-0.25, -0.2) is 0 Å². The average molecular weight is 292 g/mol. The second-order valence-corrected chi connectivity index (χ2v) is 5.23. The number of amides is 1. The molecule has 0 saturated heterocycles. The molecule has 0 aromatic heterocycles. The molecule has 0 atom stereocenters. The molecule has 0 bridgehead atoms. The molecule has 1 rings (SSSR count). The number of rotatable bonds is 10. The molecule has 0 spiro atoms. The number of anilines is 1. The third-order valence-electron chi connectivity index (χ3n) is 3.37. The van der Waals surface area contributed by atoms with E-state index in [9.17, 15) is 4.79 Å². The van der Waals surface area contributed by atoms with Gasteiger partial charge in [-0.2, -0.15) is 0 Å². The van der Waals surface area contributed by atoms with Crippen molar-refractivity contribution in [3.8, 4) is 5.75 Å². The Bertz CT molecular complexity index is 433. The molecule has 4 heteroatoms. The SMILES string of the molecule is CCCCCCCCOc1cc(C(=O)NCC)ccc1N. The first-order chi connectivity index (χ1) is 10.2. The second-order valence-electron chi connectivity index (χ2n) is 5.23. The smallest absolute Gasteiger partial charge is 0.251 e. The lowest BCUT2D eigenvalue weighted by Crippen LogP contribution is -2.22. The molecule has 0 aliphatic rings. The molecule has 0 fully saturated rings. The zero-order chi connectivity index (χ0) is 15.5. The minimum absolute atomic E-state index is 0.0954. The van der Waals surface area contributed by atoms with Crippen molar-refractivity contribution in [3.63, 3.8) is 0 Å². The van der Waals surface area contributed by atoms with Gasteiger partial charge in [0, 0.05) is 12.1 Å². The number of unbranched alkanes of at least 4 members (excludes halogenated alkanes) is 5. The maximum Gasteiger partial charge on any atom is 0.251 e. The number of carbonyl (C=O) groups excluding carboxylic acids is 1. The zero-order valence-corrected chi connectivity index (χ0v) is 13.3. The Balaban J connectivity index is 2.40. The maximum absolute atomic E-state index is 11.8. The summed E-state index contributed by atoms with van der Waals surface area (Å²) in [5.74, 6) is 0.509. The van der Waals surface area contributed by atoms with Crippen molar-refractivity contribution in [2.24, 2.45) is 0 Å². The summed E-state index contributed by atoms with van der Waals surface area (Å²) in [4.78, 5) is 11.8. The fourth-order valence-electron chi connectivity index (χ4n) is 2.13. The molecule has 0 aliphatic heterocycles. The van der Waals surface area contributed by atoms with Gasteiger partial charge in [-0.1, -0.05) is 39.0 Å². The van der Waals surface area contributed by atoms with E-state index in [1.807, 2.05) is 6.92 Å². The van der Waals surface area contributed by atoms with Gasteiger partial charge in [-0.3, -0.25) is 4.79 Å². The molecule has 1 aromatic rings. The second kappa shape index (κ2) is 10.1. The predicted molar refractivity (Wildman–Crippen MR) is 87.7 cm³/mol. The van der Waals surface area contributed by atoms with Crippen molar-refractivity contribution >= 4 is 11.6 Å². The van der Waals surface area contributed by atoms with Gasteiger partial charge in [-0.05, 0) is 31.5 Å². The van der Waals surface area contributed by atoms with E-state index in [-0.39, 0.29) is 5.91 Å². The van der Waals surface area contributed by atoms with Crippen molar-refractivity contribution in [2.75, 3.05) is 18.9 Å². The molecule has 1 amide bonds. The van der Waals surface area contributed by atoms with Gasteiger partial charge in [-0.15, -0.1) is 0 Å². The van der Waals surface area contributed by atoms with Crippen LogP contribution in [0.5, 0.6) is 5.75 Å². The summed E-state index contributed by atoms with van der Waals surface area (Å²) in [6.45, 7) is 5.37. The van der Waals surface area contributed by atoms with E-state index in [0.717, 1.165) is 6.42 Å². The zero-order valence-electron chi connectivity index (χ0n) is 13.3. The van der Waals surface area contributed by atoms with Crippen LogP contribution in [0.2, 0.25) is 0 Å². The van der Waals surface area contributed by atoms with Crippen molar-refractivity contribution in [3.05, 3.63) is 23.8 Å². The lowest BCUT2D eigenvalue weighted by Gasteiger charge is -2.10. The summed E-state index contributed by atoms with van der Waals surface area (Å²) >= 11 is 0. The van der Waals surface area contributed by atoms with Gasteiger partial charge in [0.2, 0.25) is 0 Å². The summed E-state index contributed by atoms with van der Waals surface area (Å²) in [6.07, 6.45) is 7.32. The number of ether oxygens (including phenoxy) is 1. The molecular formula is C17H28N2O2. The highest BCUT2D eigenvalue weighted by Gasteiger charge is 2.08. The van der Waals surface area contributed by atoms with Crippen LogP contribution in [0.3, 0.4) is 0 Å². The Labute approximate surface area is 128 Å². The standard InChI is InChI=1S/C17H28N2O2/c1-3-5-6-7-8-9-12-21-16-13-14(10-11-15(16)18)17(20)19-4-2/h10-11,13H,3-9,12,18H2,1-2H3,(H,19,20). The minimum atomic E-state index is -0.0954. The number of hydrogen-bond donors (Lipinski definition) is 2. The number of nitrogen functional groups attached to an aromatic ring is 1. The van der Waals surface area contributed by atoms with E-state index < -0.39 is 0 Å². The molecule has 118 valence electrons. The van der Waals surface area contributed by atoms with Crippen LogP contribution in [-0.2, 0) is 0 Å². The molecule has 0 heterocycles. The van der Waals surface area contributed by atoms with Gasteiger partial charge >= 0.3 is 0 Å². The molecule has 0 unspecified atom stereocenters. The van der Waals surface area contributed by atoms with E-state index in [0.29, 0.717) is 30.2 Å². The third kappa shape index (κ3) is 6.52. The van der Waals surface area contributed by atoms with E-state index in [2.05, 4.69) is 12.2 Å². The monoisotopic (exact) mass is 292 g/mol. The van der Waals surface area contributed by atoms with Crippen molar-refractivity contribution < 1.29 is 9.53 Å². The molecule has 0 saturated carbocycles. The highest BCUT2D eigenvalue weighted by atomic mass is 16.5. The Morgan fingerprint density at radius 1 is 1.14 bits per heavy atom. The van der Waals surface area contributed by atoms with Crippen LogP contribution >= 0.6 is 0 Å². The first kappa shape index (κ1) is 17.3. The van der Waals surface area contributed by atoms with Crippen LogP contribution in [0.15, 0.2) is 18.2 Å². The quantitative estimate of drug-likeness (QED) is 0.510. The number of nitrogens with one attached hydrogen (secondary N) is 1. The van der Waals surface area contributed by atoms with Crippen LogP contribution in [0.25, 0.3) is 0 Å². The summed E-state index contributed by atoms with van der Waals surface area (Å²) in [6, 6.07) is 5.16. The summed E-state index contributed by atoms with van der Waals surface area (Å²) < 4.78 is 5.71. The predicted octanol–water partition coefficient (Wildman–Crippen LogP) is 3.76. The molecule has 21 heavy (non-hydrogen) atoms. The van der Waals surface area contributed by atoms with Crippen LogP contribution in [0.1, 0.15) is 62.7 Å². The summed E-state index contributed by atoms with van der Waals surface area (Å²) in [7, 11) is 0. The number of nitrogens with two attached hydrogens (primary N) is 1. The van der Waals surface area contributed by atoms with Gasteiger partial charge in [0.1, 0.15) is 5.75 Å². The lowest BCUT2D eigenvalue weighted by molar-refractivity contribution is 0.0955. The molecule has 0 radical (unpaired) electrons. The van der Waals surface area contributed by atoms with Gasteiger partial charge in [0.15, 0.2) is 0 Å². The Morgan fingerprint density at radius 3 is 2.57 bits per heavy atom. The molecule has 1 aromatic carbocycles. The minimum Gasteiger partial charge on any atom is -0.491 e. The van der Waals surface area contributed by atoms with Gasteiger partial charge in [0.05, 0.1) is 12.3 Å². The molecule has 0 aliphatic carbocycles. The molecule has 4 nitrogen and oxygen atoms in total. The Morgan fingerprint density at radius 2 is 1.86 bits per heavy atom. The van der Waals surface area contributed by atoms with Crippen LogP contribution in [-0.4, -0.2) is 19.1 Å². The largest absolute Gasteiger partial charge is 0.491 e. The molecule has 3 N–H and O–H groups in total. The van der Waals surface area contributed by atoms with Crippen molar-refractivity contribution in [1.29, 1.82) is 0 Å². The van der Waals surface area contributed by atoms with Crippen LogP contribution in [0, 0.1) is 0 Å². The van der Waals surface area contributed by atoms with E-state index >= 15 is 0 Å². The van der Waals surface area contributed by atoms with Gasteiger partial charge < -0.3 is 15.8 Å². The third-order valence-corrected chi connectivity index (χ3v) is 3.37. The fraction of sp³-hybridized carbons (Fsp3) is 0.588. The maximum atomic E-state index is 11.8. The fourth-order valence-corrected chi connectivity index (χ4v) is 2.13. The highest BCUT2D eigenvalue weighted by molar-refractivity contribution is 5.95. The number of hydrogen-bond acceptors (Lipinski definition) is 3. The van der Waals surface area contributed by atoms with E-state index in [1.54, 1.807) is 18.2 Å². The Kier molecular flexibility index (Phi) is 8.32. The van der Waals surface area contributed by atoms with Crippen LogP contribution < -0.4 is 15.8 Å². The van der Waals surface area contributed by atoms with Crippen molar-refractivity contribution in [2.45, 2.75) is 52.4 Å². The number of benzene rings is 1. The topological polar surface area (TPSA) is 64.3 Å². The first-order valence-electron chi connectivity index (χ1n) is 7.99. The lowest BCUT2D eigenvalue weighted by atomic mass is 10.1. The normalized spacial score (nSPS) is 10.4. The highest BCUT2D eigenvalue weighted by Crippen LogP contribution is 2.23. The van der Waals surface area contributed by atoms with E-state index in [4.69, 9.17) is 10.5 Å². The average Bonchev–Trinajstić information content (AvgIpc) is 2.48. The number of carbonyl (C=O) groups is 1. The Hall–Kier alpha value is -1.71. The van der Waals surface area contributed by atoms with Gasteiger partial charge in [0.25, 0.3) is 5.91 Å².